The largest absolute Gasteiger partial charge is 0.350 e. The van der Waals surface area contributed by atoms with E-state index in [0.29, 0.717) is 10.8 Å². The lowest BCUT2D eigenvalue weighted by Gasteiger charge is -2.31. The fraction of sp³-hybridized carbons (Fsp3) is 0.588. The van der Waals surface area contributed by atoms with Crippen LogP contribution in [-0.2, 0) is 11.8 Å². The van der Waals surface area contributed by atoms with Crippen LogP contribution in [0.3, 0.4) is 0 Å². The molecule has 0 spiro atoms. The van der Waals surface area contributed by atoms with Gasteiger partial charge in [0, 0.05) is 25.0 Å². The Bertz CT molecular complexity index is 768. The van der Waals surface area contributed by atoms with E-state index >= 15 is 0 Å². The Labute approximate surface area is 163 Å². The van der Waals surface area contributed by atoms with Crippen LogP contribution < -0.4 is 16.0 Å². The first-order valence-electron chi connectivity index (χ1n) is 8.62. The smallest absolute Gasteiger partial charge is 0.262 e. The molecule has 9 heteroatoms. The SMILES string of the molecule is Cc1nn(C)c2sc(C(=O)NC(C)C(=O)NC3CNCCC3C)cc12.Cl. The normalized spacial score (nSPS) is 21.1. The summed E-state index contributed by atoms with van der Waals surface area (Å²) in [6, 6.07) is 1.37. The van der Waals surface area contributed by atoms with Crippen molar-refractivity contribution < 1.29 is 9.59 Å². The van der Waals surface area contributed by atoms with E-state index < -0.39 is 6.04 Å². The molecule has 0 bridgehead atoms. The highest BCUT2D eigenvalue weighted by atomic mass is 35.5. The Balaban J connectivity index is 0.00000243. The maximum atomic E-state index is 12.5. The molecule has 1 aliphatic heterocycles. The van der Waals surface area contributed by atoms with Crippen LogP contribution in [0, 0.1) is 12.8 Å². The molecule has 1 saturated heterocycles. The van der Waals surface area contributed by atoms with E-state index in [1.54, 1.807) is 11.6 Å². The summed E-state index contributed by atoms with van der Waals surface area (Å²) >= 11 is 1.39. The number of amides is 2. The van der Waals surface area contributed by atoms with E-state index in [-0.39, 0.29) is 30.3 Å². The van der Waals surface area contributed by atoms with Crippen molar-refractivity contribution in [3.63, 3.8) is 0 Å². The Kier molecular flexibility index (Phi) is 6.65. The van der Waals surface area contributed by atoms with Gasteiger partial charge in [-0.25, -0.2) is 0 Å². The summed E-state index contributed by atoms with van der Waals surface area (Å²) < 4.78 is 1.78. The average molecular weight is 400 g/mol. The Morgan fingerprint density at radius 3 is 2.85 bits per heavy atom. The monoisotopic (exact) mass is 399 g/mol. The zero-order valence-electron chi connectivity index (χ0n) is 15.5. The lowest BCUT2D eigenvalue weighted by atomic mass is 9.94. The Hall–Kier alpha value is -1.64. The minimum absolute atomic E-state index is 0. The molecule has 26 heavy (non-hydrogen) atoms. The summed E-state index contributed by atoms with van der Waals surface area (Å²) in [5, 5.41) is 14.4. The summed E-state index contributed by atoms with van der Waals surface area (Å²) in [4.78, 5) is 26.4. The first-order chi connectivity index (χ1) is 11.9. The minimum atomic E-state index is -0.578. The van der Waals surface area contributed by atoms with Crippen molar-refractivity contribution in [1.82, 2.24) is 25.7 Å². The highest BCUT2D eigenvalue weighted by Gasteiger charge is 2.26. The van der Waals surface area contributed by atoms with Crippen LogP contribution in [-0.4, -0.2) is 46.8 Å². The van der Waals surface area contributed by atoms with Gasteiger partial charge in [0.2, 0.25) is 5.91 Å². The molecule has 3 heterocycles. The van der Waals surface area contributed by atoms with Gasteiger partial charge in [-0.05, 0) is 38.8 Å². The van der Waals surface area contributed by atoms with Crippen molar-refractivity contribution in [3.8, 4) is 0 Å². The first kappa shape index (κ1) is 20.7. The van der Waals surface area contributed by atoms with Crippen molar-refractivity contribution >= 4 is 45.8 Å². The Morgan fingerprint density at radius 1 is 1.46 bits per heavy atom. The van der Waals surface area contributed by atoms with Crippen molar-refractivity contribution in [1.29, 1.82) is 0 Å². The summed E-state index contributed by atoms with van der Waals surface area (Å²) in [7, 11) is 1.86. The van der Waals surface area contributed by atoms with Gasteiger partial charge in [-0.3, -0.25) is 14.3 Å². The first-order valence-corrected chi connectivity index (χ1v) is 9.43. The number of thiophene rings is 1. The average Bonchev–Trinajstić information content (AvgIpc) is 3.11. The fourth-order valence-electron chi connectivity index (χ4n) is 3.14. The number of fused-ring (bicyclic) bond motifs is 1. The second kappa shape index (κ2) is 8.37. The number of halogens is 1. The molecule has 1 fully saturated rings. The number of piperidine rings is 1. The van der Waals surface area contributed by atoms with Crippen LogP contribution >= 0.6 is 23.7 Å². The number of hydrogen-bond acceptors (Lipinski definition) is 5. The standard InChI is InChI=1S/C17H25N5O2S.ClH/c1-9-5-6-18-8-13(9)20-15(23)11(3)19-16(24)14-7-12-10(2)21-22(4)17(12)25-14;/h7,9,11,13,18H,5-6,8H2,1-4H3,(H,19,24)(H,20,23);1H. The van der Waals surface area contributed by atoms with Crippen molar-refractivity contribution in [3.05, 3.63) is 16.6 Å². The topological polar surface area (TPSA) is 88.0 Å². The van der Waals surface area contributed by atoms with Gasteiger partial charge < -0.3 is 16.0 Å². The lowest BCUT2D eigenvalue weighted by molar-refractivity contribution is -0.123. The molecular formula is C17H26ClN5O2S. The van der Waals surface area contributed by atoms with Gasteiger partial charge in [-0.2, -0.15) is 5.10 Å². The molecule has 3 unspecified atom stereocenters. The third kappa shape index (κ3) is 4.19. The van der Waals surface area contributed by atoms with Gasteiger partial charge in [0.05, 0.1) is 10.6 Å². The molecule has 3 atom stereocenters. The van der Waals surface area contributed by atoms with Gasteiger partial charge >= 0.3 is 0 Å². The highest BCUT2D eigenvalue weighted by Crippen LogP contribution is 2.27. The molecule has 0 saturated carbocycles. The van der Waals surface area contributed by atoms with E-state index in [9.17, 15) is 9.59 Å². The number of aromatic nitrogens is 2. The number of hydrogen-bond donors (Lipinski definition) is 3. The van der Waals surface area contributed by atoms with E-state index in [0.717, 1.165) is 35.4 Å². The van der Waals surface area contributed by atoms with E-state index in [1.165, 1.54) is 11.3 Å². The maximum Gasteiger partial charge on any atom is 0.262 e. The maximum absolute atomic E-state index is 12.5. The third-order valence-electron chi connectivity index (χ3n) is 4.82. The predicted molar refractivity (Wildman–Crippen MR) is 106 cm³/mol. The second-order valence-corrected chi connectivity index (χ2v) is 7.85. The van der Waals surface area contributed by atoms with Gasteiger partial charge in [-0.15, -0.1) is 23.7 Å². The van der Waals surface area contributed by atoms with E-state index in [2.05, 4.69) is 28.0 Å². The summed E-state index contributed by atoms with van der Waals surface area (Å²) in [6.45, 7) is 7.54. The molecule has 0 radical (unpaired) electrons. The Morgan fingerprint density at radius 2 is 2.19 bits per heavy atom. The van der Waals surface area contributed by atoms with Crippen molar-refractivity contribution in [2.45, 2.75) is 39.3 Å². The van der Waals surface area contributed by atoms with Crippen LogP contribution in [0.5, 0.6) is 0 Å². The van der Waals surface area contributed by atoms with E-state index in [4.69, 9.17) is 0 Å². The molecule has 7 nitrogen and oxygen atoms in total. The van der Waals surface area contributed by atoms with Gasteiger partial charge in [0.15, 0.2) is 0 Å². The summed E-state index contributed by atoms with van der Waals surface area (Å²) in [6.07, 6.45) is 1.04. The molecule has 0 aliphatic carbocycles. The zero-order chi connectivity index (χ0) is 18.1. The minimum Gasteiger partial charge on any atom is -0.350 e. The molecule has 3 N–H and O–H groups in total. The zero-order valence-corrected chi connectivity index (χ0v) is 17.1. The van der Waals surface area contributed by atoms with E-state index in [1.807, 2.05) is 20.0 Å². The molecule has 0 aromatic carbocycles. The summed E-state index contributed by atoms with van der Waals surface area (Å²) in [5.41, 5.74) is 0.900. The van der Waals surface area contributed by atoms with Crippen molar-refractivity contribution in [2.24, 2.45) is 13.0 Å². The second-order valence-electron chi connectivity index (χ2n) is 6.82. The van der Waals surface area contributed by atoms with Crippen LogP contribution in [0.2, 0.25) is 0 Å². The van der Waals surface area contributed by atoms with Gasteiger partial charge in [0.25, 0.3) is 5.91 Å². The third-order valence-corrected chi connectivity index (χ3v) is 6.02. The van der Waals surface area contributed by atoms with Crippen LogP contribution in [0.4, 0.5) is 0 Å². The summed E-state index contributed by atoms with van der Waals surface area (Å²) in [5.74, 6) is 0.0668. The molecule has 3 rings (SSSR count). The number of carbonyl (C=O) groups excluding carboxylic acids is 2. The van der Waals surface area contributed by atoms with Gasteiger partial charge in [0.1, 0.15) is 10.9 Å². The molecule has 144 valence electrons. The number of nitrogens with one attached hydrogen (secondary N) is 3. The molecule has 2 aromatic rings. The van der Waals surface area contributed by atoms with Crippen molar-refractivity contribution in [2.75, 3.05) is 13.1 Å². The number of rotatable bonds is 4. The molecule has 1 aliphatic rings. The number of nitrogens with zero attached hydrogens (tertiary/aromatic N) is 2. The molecular weight excluding hydrogens is 374 g/mol. The highest BCUT2D eigenvalue weighted by molar-refractivity contribution is 7.20. The van der Waals surface area contributed by atoms with Crippen LogP contribution in [0.1, 0.15) is 35.6 Å². The fourth-order valence-corrected chi connectivity index (χ4v) is 4.17. The lowest BCUT2D eigenvalue weighted by Crippen LogP contribution is -2.54. The molecule has 2 amide bonds. The van der Waals surface area contributed by atoms with Gasteiger partial charge in [-0.1, -0.05) is 6.92 Å². The van der Waals surface area contributed by atoms with Crippen LogP contribution in [0.15, 0.2) is 6.07 Å². The number of aryl methyl sites for hydroxylation is 2. The number of carbonyl (C=O) groups is 2. The van der Waals surface area contributed by atoms with Crippen LogP contribution in [0.25, 0.3) is 10.2 Å². The molecule has 2 aromatic heterocycles. The quantitative estimate of drug-likeness (QED) is 0.728. The predicted octanol–water partition coefficient (Wildman–Crippen LogP) is 1.60.